The monoisotopic (exact) mass is 399 g/mol. The first-order chi connectivity index (χ1) is 12.4. The Bertz CT molecular complexity index is 854. The van der Waals surface area contributed by atoms with E-state index in [-0.39, 0.29) is 6.54 Å². The van der Waals surface area contributed by atoms with E-state index in [1.165, 1.54) is 0 Å². The third-order valence-corrected chi connectivity index (χ3v) is 7.16. The van der Waals surface area contributed by atoms with Gasteiger partial charge >= 0.3 is 0 Å². The first-order valence-electron chi connectivity index (χ1n) is 8.17. The van der Waals surface area contributed by atoms with Crippen molar-refractivity contribution in [1.29, 1.82) is 0 Å². The largest absolute Gasteiger partial charge is 0.381 e. The third kappa shape index (κ3) is 4.62. The summed E-state index contributed by atoms with van der Waals surface area (Å²) in [7, 11) is -4.16. The highest BCUT2D eigenvalue weighted by atomic mass is 32.2. The van der Waals surface area contributed by atoms with E-state index in [2.05, 4.69) is 4.72 Å². The minimum Gasteiger partial charge on any atom is -0.381 e. The van der Waals surface area contributed by atoms with Gasteiger partial charge in [-0.25, -0.2) is 21.9 Å². The van der Waals surface area contributed by atoms with Crippen molar-refractivity contribution in [1.82, 2.24) is 4.72 Å². The van der Waals surface area contributed by atoms with Crippen LogP contribution >= 0.6 is 11.8 Å². The van der Waals surface area contributed by atoms with Crippen molar-refractivity contribution in [2.75, 3.05) is 19.8 Å². The SMILES string of the molecule is O=S(=O)(NCC1(Sc2ccccc2)CCOCC1)c1cc(F)ccc1F. The second-order valence-corrected chi connectivity index (χ2v) is 9.39. The molecule has 1 N–H and O–H groups in total. The van der Waals surface area contributed by atoms with Gasteiger partial charge in [0, 0.05) is 29.4 Å². The molecular formula is C18H19F2NO3S2. The molecule has 0 aliphatic carbocycles. The van der Waals surface area contributed by atoms with E-state index >= 15 is 0 Å². The Labute approximate surface area is 156 Å². The molecule has 0 spiro atoms. The molecule has 3 rings (SSSR count). The molecule has 0 atom stereocenters. The number of nitrogens with one attached hydrogen (secondary N) is 1. The second kappa shape index (κ2) is 8.04. The molecule has 26 heavy (non-hydrogen) atoms. The van der Waals surface area contributed by atoms with Crippen LogP contribution in [0.1, 0.15) is 12.8 Å². The molecule has 1 aliphatic heterocycles. The van der Waals surface area contributed by atoms with E-state index < -0.39 is 31.3 Å². The predicted molar refractivity (Wildman–Crippen MR) is 96.6 cm³/mol. The molecular weight excluding hydrogens is 380 g/mol. The van der Waals surface area contributed by atoms with Crippen molar-refractivity contribution in [2.24, 2.45) is 0 Å². The van der Waals surface area contributed by atoms with Crippen LogP contribution in [-0.4, -0.2) is 32.9 Å². The lowest BCUT2D eigenvalue weighted by molar-refractivity contribution is 0.0784. The Morgan fingerprint density at radius 3 is 2.46 bits per heavy atom. The van der Waals surface area contributed by atoms with Gasteiger partial charge in [-0.1, -0.05) is 18.2 Å². The summed E-state index contributed by atoms with van der Waals surface area (Å²) in [4.78, 5) is 0.343. The second-order valence-electron chi connectivity index (χ2n) is 6.11. The highest BCUT2D eigenvalue weighted by Crippen LogP contribution is 2.40. The van der Waals surface area contributed by atoms with Gasteiger partial charge in [-0.2, -0.15) is 0 Å². The Balaban J connectivity index is 1.80. The van der Waals surface area contributed by atoms with Crippen LogP contribution in [0, 0.1) is 11.6 Å². The molecule has 1 aliphatic rings. The zero-order valence-electron chi connectivity index (χ0n) is 14.0. The molecule has 0 saturated carbocycles. The molecule has 2 aromatic rings. The topological polar surface area (TPSA) is 55.4 Å². The summed E-state index contributed by atoms with van der Waals surface area (Å²) in [5.74, 6) is -1.78. The van der Waals surface area contributed by atoms with E-state index in [0.29, 0.717) is 32.1 Å². The summed E-state index contributed by atoms with van der Waals surface area (Å²) in [5, 5.41) is 0. The number of rotatable bonds is 6. The number of halogens is 2. The van der Waals surface area contributed by atoms with Crippen LogP contribution in [0.5, 0.6) is 0 Å². The van der Waals surface area contributed by atoms with Gasteiger partial charge in [0.2, 0.25) is 10.0 Å². The Hall–Kier alpha value is -1.48. The summed E-state index contributed by atoms with van der Waals surface area (Å²) >= 11 is 1.58. The lowest BCUT2D eigenvalue weighted by Gasteiger charge is -2.36. The summed E-state index contributed by atoms with van der Waals surface area (Å²) < 4.78 is 59.7. The molecule has 4 nitrogen and oxygen atoms in total. The van der Waals surface area contributed by atoms with Gasteiger partial charge in [-0.05, 0) is 43.2 Å². The summed E-state index contributed by atoms with van der Waals surface area (Å²) in [6, 6.07) is 12.1. The third-order valence-electron chi connectivity index (χ3n) is 4.25. The fourth-order valence-electron chi connectivity index (χ4n) is 2.78. The minimum absolute atomic E-state index is 0.105. The lowest BCUT2D eigenvalue weighted by atomic mass is 9.99. The number of sulfonamides is 1. The van der Waals surface area contributed by atoms with Crippen molar-refractivity contribution in [2.45, 2.75) is 27.4 Å². The highest BCUT2D eigenvalue weighted by Gasteiger charge is 2.35. The number of thioether (sulfide) groups is 1. The van der Waals surface area contributed by atoms with Crippen LogP contribution in [0.15, 0.2) is 58.3 Å². The Kier molecular flexibility index (Phi) is 5.96. The first kappa shape index (κ1) is 19.3. The van der Waals surface area contributed by atoms with E-state index in [9.17, 15) is 17.2 Å². The van der Waals surface area contributed by atoms with Gasteiger partial charge in [0.15, 0.2) is 0 Å². The van der Waals surface area contributed by atoms with Crippen molar-refractivity contribution in [3.63, 3.8) is 0 Å². The smallest absolute Gasteiger partial charge is 0.243 e. The zero-order chi connectivity index (χ0) is 18.6. The van der Waals surface area contributed by atoms with Crippen LogP contribution in [0.4, 0.5) is 8.78 Å². The van der Waals surface area contributed by atoms with Crippen molar-refractivity contribution >= 4 is 21.8 Å². The summed E-state index contributed by atoms with van der Waals surface area (Å²) in [6.07, 6.45) is 1.31. The molecule has 1 fully saturated rings. The highest BCUT2D eigenvalue weighted by molar-refractivity contribution is 8.00. The standard InChI is InChI=1S/C18H19F2NO3S2/c19-14-6-7-16(20)17(12-14)26(22,23)21-13-18(8-10-24-11-9-18)25-15-4-2-1-3-5-15/h1-7,12,21H,8-11,13H2. The molecule has 0 amide bonds. The molecule has 0 unspecified atom stereocenters. The Morgan fingerprint density at radius 1 is 1.08 bits per heavy atom. The zero-order valence-corrected chi connectivity index (χ0v) is 15.6. The molecule has 0 bridgehead atoms. The normalized spacial score (nSPS) is 17.2. The lowest BCUT2D eigenvalue weighted by Crippen LogP contribution is -2.44. The van der Waals surface area contributed by atoms with Crippen molar-refractivity contribution in [3.8, 4) is 0 Å². The number of benzene rings is 2. The van der Waals surface area contributed by atoms with Gasteiger partial charge in [0.05, 0.1) is 0 Å². The predicted octanol–water partition coefficient (Wildman–Crippen LogP) is 3.58. The van der Waals surface area contributed by atoms with E-state index in [1.54, 1.807) is 11.8 Å². The van der Waals surface area contributed by atoms with Crippen molar-refractivity contribution in [3.05, 3.63) is 60.2 Å². The van der Waals surface area contributed by atoms with Gasteiger partial charge in [0.25, 0.3) is 0 Å². The minimum atomic E-state index is -4.16. The molecule has 0 radical (unpaired) electrons. The Morgan fingerprint density at radius 2 is 1.77 bits per heavy atom. The fourth-order valence-corrected chi connectivity index (χ4v) is 5.40. The molecule has 0 aromatic heterocycles. The average molecular weight is 399 g/mol. The molecule has 8 heteroatoms. The van der Waals surface area contributed by atoms with Gasteiger partial charge in [0.1, 0.15) is 16.5 Å². The number of ether oxygens (including phenoxy) is 1. The molecule has 1 heterocycles. The van der Waals surface area contributed by atoms with Gasteiger partial charge in [-0.3, -0.25) is 0 Å². The van der Waals surface area contributed by atoms with Crippen LogP contribution in [-0.2, 0) is 14.8 Å². The van der Waals surface area contributed by atoms with Crippen LogP contribution in [0.2, 0.25) is 0 Å². The number of hydrogen-bond donors (Lipinski definition) is 1. The molecule has 2 aromatic carbocycles. The maximum Gasteiger partial charge on any atom is 0.243 e. The number of hydrogen-bond acceptors (Lipinski definition) is 4. The van der Waals surface area contributed by atoms with E-state index in [4.69, 9.17) is 4.74 Å². The van der Waals surface area contributed by atoms with Gasteiger partial charge < -0.3 is 4.74 Å². The summed E-state index contributed by atoms with van der Waals surface area (Å²) in [6.45, 7) is 1.15. The van der Waals surface area contributed by atoms with Crippen LogP contribution < -0.4 is 4.72 Å². The maximum absolute atomic E-state index is 13.9. The van der Waals surface area contributed by atoms with E-state index in [0.717, 1.165) is 17.0 Å². The molecule has 140 valence electrons. The fraction of sp³-hybridized carbons (Fsp3) is 0.333. The average Bonchev–Trinajstić information content (AvgIpc) is 2.64. The summed E-state index contributed by atoms with van der Waals surface area (Å²) in [5.41, 5.74) is 0. The first-order valence-corrected chi connectivity index (χ1v) is 10.5. The molecule has 1 saturated heterocycles. The van der Waals surface area contributed by atoms with Crippen LogP contribution in [0.3, 0.4) is 0 Å². The van der Waals surface area contributed by atoms with Crippen molar-refractivity contribution < 1.29 is 21.9 Å². The van der Waals surface area contributed by atoms with Gasteiger partial charge in [-0.15, -0.1) is 11.8 Å². The quantitative estimate of drug-likeness (QED) is 0.807. The van der Waals surface area contributed by atoms with E-state index in [1.807, 2.05) is 30.3 Å². The maximum atomic E-state index is 13.9. The van der Waals surface area contributed by atoms with Crippen LogP contribution in [0.25, 0.3) is 0 Å².